The zero-order valence-corrected chi connectivity index (χ0v) is 11.6. The Labute approximate surface area is 118 Å². The fourth-order valence-corrected chi connectivity index (χ4v) is 3.11. The Hall–Kier alpha value is -2.04. The number of carbonyl (C=O) groups is 2. The first-order chi connectivity index (χ1) is 9.70. The molecule has 1 aromatic rings. The molecule has 1 atom stereocenters. The molecule has 0 saturated carbocycles. The summed E-state index contributed by atoms with van der Waals surface area (Å²) in [4.78, 5) is 28.1. The molecule has 2 aliphatic rings. The van der Waals surface area contributed by atoms with Crippen LogP contribution in [0.25, 0.3) is 0 Å². The van der Waals surface area contributed by atoms with Crippen LogP contribution in [0.3, 0.4) is 0 Å². The molecule has 2 aliphatic heterocycles. The van der Waals surface area contributed by atoms with Crippen molar-refractivity contribution in [2.45, 2.75) is 18.9 Å². The van der Waals surface area contributed by atoms with E-state index in [1.54, 1.807) is 0 Å². The summed E-state index contributed by atoms with van der Waals surface area (Å²) in [5, 5.41) is 3.06. The number of carbonyl (C=O) groups excluding carboxylic acids is 2. The summed E-state index contributed by atoms with van der Waals surface area (Å²) in [6.45, 7) is 1.94. The predicted octanol–water partition coefficient (Wildman–Crippen LogP) is 1.18. The fraction of sp³-hybridized carbons (Fsp3) is 0.467. The van der Waals surface area contributed by atoms with E-state index in [9.17, 15) is 9.59 Å². The lowest BCUT2D eigenvalue weighted by molar-refractivity contribution is -0.130. The number of hydrogen-bond acceptors (Lipinski definition) is 3. The van der Waals surface area contributed by atoms with Crippen molar-refractivity contribution in [2.24, 2.45) is 0 Å². The number of fused-ring (bicyclic) bond motifs is 1. The lowest BCUT2D eigenvalue weighted by Crippen LogP contribution is -2.53. The number of para-hydroxylation sites is 1. The molecule has 106 valence electrons. The maximum Gasteiger partial charge on any atom is 0.256 e. The average molecular weight is 273 g/mol. The van der Waals surface area contributed by atoms with E-state index in [4.69, 9.17) is 0 Å². The van der Waals surface area contributed by atoms with Gasteiger partial charge in [0.2, 0.25) is 5.91 Å². The van der Waals surface area contributed by atoms with Crippen LogP contribution in [0.4, 0.5) is 5.69 Å². The molecule has 0 aromatic heterocycles. The van der Waals surface area contributed by atoms with Gasteiger partial charge in [0.05, 0.1) is 5.56 Å². The van der Waals surface area contributed by atoms with Crippen molar-refractivity contribution in [3.8, 4) is 0 Å². The summed E-state index contributed by atoms with van der Waals surface area (Å²) < 4.78 is 0. The smallest absolute Gasteiger partial charge is 0.256 e. The Morgan fingerprint density at radius 3 is 2.90 bits per heavy atom. The van der Waals surface area contributed by atoms with E-state index in [0.717, 1.165) is 12.1 Å². The van der Waals surface area contributed by atoms with E-state index in [1.165, 1.54) is 0 Å². The van der Waals surface area contributed by atoms with Gasteiger partial charge in [0, 0.05) is 44.8 Å². The van der Waals surface area contributed by atoms with Gasteiger partial charge in [-0.05, 0) is 18.6 Å². The topological polar surface area (TPSA) is 52.7 Å². The first-order valence-electron chi connectivity index (χ1n) is 7.06. The van der Waals surface area contributed by atoms with E-state index in [1.807, 2.05) is 41.1 Å². The van der Waals surface area contributed by atoms with Gasteiger partial charge in [0.1, 0.15) is 0 Å². The summed E-state index contributed by atoms with van der Waals surface area (Å²) in [7, 11) is 1.82. The molecule has 3 rings (SSSR count). The molecule has 2 amide bonds. The third-order valence-corrected chi connectivity index (χ3v) is 4.21. The highest BCUT2D eigenvalue weighted by Gasteiger charge is 2.37. The number of rotatable bonds is 2. The van der Waals surface area contributed by atoms with Gasteiger partial charge in [-0.15, -0.1) is 0 Å². The van der Waals surface area contributed by atoms with E-state index < -0.39 is 0 Å². The van der Waals surface area contributed by atoms with Crippen molar-refractivity contribution in [1.29, 1.82) is 0 Å². The normalized spacial score (nSPS) is 21.9. The summed E-state index contributed by atoms with van der Waals surface area (Å²) in [6, 6.07) is 7.75. The average Bonchev–Trinajstić information content (AvgIpc) is 2.87. The maximum absolute atomic E-state index is 12.6. The number of anilines is 1. The summed E-state index contributed by atoms with van der Waals surface area (Å²) in [5.41, 5.74) is 1.55. The molecule has 0 spiro atoms. The lowest BCUT2D eigenvalue weighted by Gasteiger charge is -2.37. The number of hydrogen-bond donors (Lipinski definition) is 1. The molecule has 0 radical (unpaired) electrons. The van der Waals surface area contributed by atoms with Crippen LogP contribution < -0.4 is 5.32 Å². The van der Waals surface area contributed by atoms with Gasteiger partial charge < -0.3 is 15.1 Å². The molecule has 2 saturated heterocycles. The summed E-state index contributed by atoms with van der Waals surface area (Å²) >= 11 is 0. The second kappa shape index (κ2) is 5.15. The molecule has 1 N–H and O–H groups in total. The molecule has 0 aliphatic carbocycles. The Bertz CT molecular complexity index is 544. The molecular weight excluding hydrogens is 254 g/mol. The Balaban J connectivity index is 1.77. The van der Waals surface area contributed by atoms with E-state index in [0.29, 0.717) is 31.6 Å². The zero-order valence-electron chi connectivity index (χ0n) is 11.6. The summed E-state index contributed by atoms with van der Waals surface area (Å²) in [6.07, 6.45) is 1.50. The van der Waals surface area contributed by atoms with Gasteiger partial charge >= 0.3 is 0 Å². The minimum absolute atomic E-state index is 0.0500. The van der Waals surface area contributed by atoms with Gasteiger partial charge in [0.25, 0.3) is 5.91 Å². The van der Waals surface area contributed by atoms with Crippen molar-refractivity contribution in [3.05, 3.63) is 29.8 Å². The van der Waals surface area contributed by atoms with Crippen LogP contribution in [-0.2, 0) is 4.79 Å². The highest BCUT2D eigenvalue weighted by atomic mass is 16.2. The van der Waals surface area contributed by atoms with Crippen molar-refractivity contribution in [3.63, 3.8) is 0 Å². The van der Waals surface area contributed by atoms with Crippen molar-refractivity contribution in [1.82, 2.24) is 9.80 Å². The van der Waals surface area contributed by atoms with Crippen LogP contribution >= 0.6 is 0 Å². The third kappa shape index (κ3) is 2.13. The van der Waals surface area contributed by atoms with Gasteiger partial charge in [-0.25, -0.2) is 0 Å². The Morgan fingerprint density at radius 2 is 2.10 bits per heavy atom. The number of nitrogens with zero attached hydrogens (tertiary/aromatic N) is 2. The van der Waals surface area contributed by atoms with Crippen molar-refractivity contribution < 1.29 is 9.59 Å². The molecule has 2 fully saturated rings. The number of nitrogens with one attached hydrogen (secondary N) is 1. The minimum Gasteiger partial charge on any atom is -0.387 e. The first-order valence-corrected chi connectivity index (χ1v) is 7.06. The van der Waals surface area contributed by atoms with Gasteiger partial charge in [-0.3, -0.25) is 9.59 Å². The largest absolute Gasteiger partial charge is 0.387 e. The molecular formula is C15H19N3O2. The third-order valence-electron chi connectivity index (χ3n) is 4.21. The molecule has 5 heteroatoms. The summed E-state index contributed by atoms with van der Waals surface area (Å²) in [5.74, 6) is 0.284. The van der Waals surface area contributed by atoms with Crippen LogP contribution in [0, 0.1) is 0 Å². The molecule has 2 heterocycles. The minimum atomic E-state index is 0.0500. The maximum atomic E-state index is 12.6. The van der Waals surface area contributed by atoms with Crippen LogP contribution in [0.2, 0.25) is 0 Å². The quantitative estimate of drug-likeness (QED) is 0.880. The van der Waals surface area contributed by atoms with Gasteiger partial charge in [0.15, 0.2) is 0 Å². The molecule has 20 heavy (non-hydrogen) atoms. The van der Waals surface area contributed by atoms with Crippen LogP contribution in [0.5, 0.6) is 0 Å². The van der Waals surface area contributed by atoms with Gasteiger partial charge in [-0.1, -0.05) is 12.1 Å². The second-order valence-corrected chi connectivity index (χ2v) is 5.33. The number of amides is 2. The first kappa shape index (κ1) is 13.0. The van der Waals surface area contributed by atoms with Crippen LogP contribution in [-0.4, -0.2) is 54.3 Å². The molecule has 5 nitrogen and oxygen atoms in total. The SMILES string of the molecule is CNc1ccccc1C(=O)N1CCN2C(=O)CCC2C1. The number of benzene rings is 1. The molecule has 0 bridgehead atoms. The van der Waals surface area contributed by atoms with Crippen LogP contribution in [0.15, 0.2) is 24.3 Å². The van der Waals surface area contributed by atoms with E-state index >= 15 is 0 Å². The Kier molecular flexibility index (Phi) is 3.34. The lowest BCUT2D eigenvalue weighted by atomic mass is 10.1. The fourth-order valence-electron chi connectivity index (χ4n) is 3.11. The standard InChI is InChI=1S/C15H19N3O2/c1-16-13-5-3-2-4-12(13)15(20)17-8-9-18-11(10-17)6-7-14(18)19/h2-5,11,16H,6-10H2,1H3. The van der Waals surface area contributed by atoms with Crippen LogP contribution in [0.1, 0.15) is 23.2 Å². The Morgan fingerprint density at radius 1 is 1.30 bits per heavy atom. The molecule has 1 aromatic carbocycles. The van der Waals surface area contributed by atoms with E-state index in [2.05, 4.69) is 5.32 Å². The predicted molar refractivity (Wildman–Crippen MR) is 76.6 cm³/mol. The highest BCUT2D eigenvalue weighted by molar-refractivity contribution is 5.99. The van der Waals surface area contributed by atoms with Crippen molar-refractivity contribution in [2.75, 3.05) is 32.0 Å². The highest BCUT2D eigenvalue weighted by Crippen LogP contribution is 2.25. The number of piperazine rings is 1. The second-order valence-electron chi connectivity index (χ2n) is 5.33. The monoisotopic (exact) mass is 273 g/mol. The van der Waals surface area contributed by atoms with E-state index in [-0.39, 0.29) is 17.9 Å². The van der Waals surface area contributed by atoms with Gasteiger partial charge in [-0.2, -0.15) is 0 Å². The van der Waals surface area contributed by atoms with Crippen molar-refractivity contribution >= 4 is 17.5 Å². The zero-order chi connectivity index (χ0) is 14.1. The molecule has 1 unspecified atom stereocenters.